The summed E-state index contributed by atoms with van der Waals surface area (Å²) in [5.74, 6) is 0.0406. The first-order chi connectivity index (χ1) is 9.65. The third-order valence-corrected chi connectivity index (χ3v) is 4.13. The fraction of sp³-hybridized carbons (Fsp3) is 0.750. The molecular weight excluding hydrogens is 278 g/mol. The van der Waals surface area contributed by atoms with Gasteiger partial charge >= 0.3 is 0 Å². The highest BCUT2D eigenvalue weighted by Crippen LogP contribution is 2.11. The highest BCUT2D eigenvalue weighted by atomic mass is 32.1. The lowest BCUT2D eigenvalue weighted by atomic mass is 10.1. The number of nitrogen functional groups attached to an aromatic ring is 1. The largest absolute Gasteiger partial charge is 0.379 e. The van der Waals surface area contributed by atoms with E-state index >= 15 is 0 Å². The topological polar surface area (TPSA) is 93.4 Å². The number of nitrogens with two attached hydrogens (primary N) is 1. The van der Waals surface area contributed by atoms with Crippen LogP contribution in [0.3, 0.4) is 0 Å². The van der Waals surface area contributed by atoms with Gasteiger partial charge in [-0.2, -0.15) is 0 Å². The molecule has 8 heteroatoms. The van der Waals surface area contributed by atoms with Crippen LogP contribution in [0.15, 0.2) is 0 Å². The van der Waals surface area contributed by atoms with Crippen LogP contribution in [0.2, 0.25) is 0 Å². The number of hydrogen-bond acceptors (Lipinski definition) is 7. The summed E-state index contributed by atoms with van der Waals surface area (Å²) in [6.45, 7) is 6.04. The Morgan fingerprint density at radius 3 is 2.90 bits per heavy atom. The molecule has 0 saturated carbocycles. The van der Waals surface area contributed by atoms with Crippen LogP contribution in [0.5, 0.6) is 0 Å². The van der Waals surface area contributed by atoms with E-state index < -0.39 is 0 Å². The SMILES string of the molecule is C[C@H](CCC(=O)NCc1nnc(N)s1)N1CCOCC1. The predicted octanol–water partition coefficient (Wildman–Crippen LogP) is 0.237. The zero-order valence-corrected chi connectivity index (χ0v) is 12.5. The molecule has 0 bridgehead atoms. The summed E-state index contributed by atoms with van der Waals surface area (Å²) >= 11 is 1.30. The van der Waals surface area contributed by atoms with E-state index in [0.29, 0.717) is 24.1 Å². The van der Waals surface area contributed by atoms with Crippen molar-refractivity contribution in [2.24, 2.45) is 0 Å². The van der Waals surface area contributed by atoms with E-state index in [9.17, 15) is 4.79 Å². The van der Waals surface area contributed by atoms with Gasteiger partial charge in [0.05, 0.1) is 19.8 Å². The summed E-state index contributed by atoms with van der Waals surface area (Å²) < 4.78 is 5.32. The molecule has 112 valence electrons. The number of ether oxygens (including phenoxy) is 1. The lowest BCUT2D eigenvalue weighted by Gasteiger charge is -2.32. The first-order valence-corrected chi connectivity index (χ1v) is 7.63. The fourth-order valence-electron chi connectivity index (χ4n) is 2.14. The molecule has 1 fully saturated rings. The van der Waals surface area contributed by atoms with Crippen LogP contribution in [-0.4, -0.2) is 53.3 Å². The highest BCUT2D eigenvalue weighted by molar-refractivity contribution is 7.15. The number of carbonyl (C=O) groups excluding carboxylic acids is 1. The maximum Gasteiger partial charge on any atom is 0.220 e. The van der Waals surface area contributed by atoms with Crippen molar-refractivity contribution in [3.8, 4) is 0 Å². The van der Waals surface area contributed by atoms with E-state index in [1.54, 1.807) is 0 Å². The van der Waals surface area contributed by atoms with Crippen LogP contribution in [0.25, 0.3) is 0 Å². The Morgan fingerprint density at radius 1 is 1.50 bits per heavy atom. The van der Waals surface area contributed by atoms with Gasteiger partial charge in [0.2, 0.25) is 11.0 Å². The first-order valence-electron chi connectivity index (χ1n) is 6.81. The zero-order chi connectivity index (χ0) is 14.4. The second-order valence-electron chi connectivity index (χ2n) is 4.85. The van der Waals surface area contributed by atoms with Crippen molar-refractivity contribution >= 4 is 22.4 Å². The van der Waals surface area contributed by atoms with E-state index in [2.05, 4.69) is 27.3 Å². The van der Waals surface area contributed by atoms with Crippen molar-refractivity contribution in [3.63, 3.8) is 0 Å². The van der Waals surface area contributed by atoms with Crippen LogP contribution in [0.1, 0.15) is 24.8 Å². The molecule has 1 aliphatic heterocycles. The molecule has 0 unspecified atom stereocenters. The summed E-state index contributed by atoms with van der Waals surface area (Å²) in [6, 6.07) is 0.404. The number of anilines is 1. The molecule has 0 spiro atoms. The lowest BCUT2D eigenvalue weighted by molar-refractivity contribution is -0.121. The number of amides is 1. The van der Waals surface area contributed by atoms with Gasteiger partial charge in [-0.1, -0.05) is 11.3 Å². The molecule has 2 heterocycles. The van der Waals surface area contributed by atoms with Gasteiger partial charge in [-0.3, -0.25) is 9.69 Å². The van der Waals surface area contributed by atoms with Crippen LogP contribution in [0, 0.1) is 0 Å². The van der Waals surface area contributed by atoms with E-state index in [4.69, 9.17) is 10.5 Å². The number of morpholine rings is 1. The van der Waals surface area contributed by atoms with Crippen molar-refractivity contribution in [1.29, 1.82) is 0 Å². The monoisotopic (exact) mass is 299 g/mol. The summed E-state index contributed by atoms with van der Waals surface area (Å²) in [7, 11) is 0. The Balaban J connectivity index is 1.64. The number of nitrogens with zero attached hydrogens (tertiary/aromatic N) is 3. The minimum absolute atomic E-state index is 0.0406. The maximum absolute atomic E-state index is 11.8. The van der Waals surface area contributed by atoms with Gasteiger partial charge in [0, 0.05) is 25.6 Å². The van der Waals surface area contributed by atoms with Crippen molar-refractivity contribution in [2.75, 3.05) is 32.0 Å². The molecular formula is C12H21N5O2S. The van der Waals surface area contributed by atoms with Crippen molar-refractivity contribution < 1.29 is 9.53 Å². The molecule has 3 N–H and O–H groups in total. The van der Waals surface area contributed by atoms with Gasteiger partial charge in [0.1, 0.15) is 5.01 Å². The second kappa shape index (κ2) is 7.51. The van der Waals surface area contributed by atoms with E-state index in [0.717, 1.165) is 37.7 Å². The number of carbonyl (C=O) groups is 1. The predicted molar refractivity (Wildman–Crippen MR) is 77.3 cm³/mol. The average molecular weight is 299 g/mol. The molecule has 2 rings (SSSR count). The van der Waals surface area contributed by atoms with Crippen molar-refractivity contribution in [2.45, 2.75) is 32.4 Å². The fourth-order valence-corrected chi connectivity index (χ4v) is 2.69. The molecule has 1 amide bonds. The molecule has 1 aromatic heterocycles. The van der Waals surface area contributed by atoms with Crippen LogP contribution < -0.4 is 11.1 Å². The molecule has 7 nitrogen and oxygen atoms in total. The summed E-state index contributed by atoms with van der Waals surface area (Å²) in [6.07, 6.45) is 1.37. The smallest absolute Gasteiger partial charge is 0.220 e. The average Bonchev–Trinajstić information content (AvgIpc) is 2.89. The van der Waals surface area contributed by atoms with E-state index in [1.807, 2.05) is 0 Å². The van der Waals surface area contributed by atoms with Gasteiger partial charge in [-0.15, -0.1) is 10.2 Å². The minimum Gasteiger partial charge on any atom is -0.379 e. The Hall–Kier alpha value is -1.25. The summed E-state index contributed by atoms with van der Waals surface area (Å²) in [5, 5.41) is 11.6. The normalized spacial score (nSPS) is 17.9. The summed E-state index contributed by atoms with van der Waals surface area (Å²) in [4.78, 5) is 14.1. The third-order valence-electron chi connectivity index (χ3n) is 3.38. The minimum atomic E-state index is 0.0406. The molecule has 0 radical (unpaired) electrons. The molecule has 1 aliphatic rings. The first kappa shape index (κ1) is 15.1. The molecule has 20 heavy (non-hydrogen) atoms. The molecule has 1 atom stereocenters. The number of rotatable bonds is 6. The Morgan fingerprint density at radius 2 is 2.25 bits per heavy atom. The lowest BCUT2D eigenvalue weighted by Crippen LogP contribution is -2.42. The van der Waals surface area contributed by atoms with E-state index in [1.165, 1.54) is 11.3 Å². The van der Waals surface area contributed by atoms with Crippen LogP contribution in [0.4, 0.5) is 5.13 Å². The third kappa shape index (κ3) is 4.69. The number of hydrogen-bond donors (Lipinski definition) is 2. The van der Waals surface area contributed by atoms with Gasteiger partial charge in [0.25, 0.3) is 0 Å². The summed E-state index contributed by atoms with van der Waals surface area (Å²) in [5.41, 5.74) is 5.48. The van der Waals surface area contributed by atoms with Gasteiger partial charge < -0.3 is 15.8 Å². The number of nitrogens with one attached hydrogen (secondary N) is 1. The van der Waals surface area contributed by atoms with Gasteiger partial charge in [-0.25, -0.2) is 0 Å². The zero-order valence-electron chi connectivity index (χ0n) is 11.7. The van der Waals surface area contributed by atoms with Crippen molar-refractivity contribution in [3.05, 3.63) is 5.01 Å². The quantitative estimate of drug-likeness (QED) is 0.781. The molecule has 0 aliphatic carbocycles. The Labute approximate surface area is 122 Å². The molecule has 1 saturated heterocycles. The van der Waals surface area contributed by atoms with Crippen molar-refractivity contribution in [1.82, 2.24) is 20.4 Å². The number of aromatic nitrogens is 2. The second-order valence-corrected chi connectivity index (χ2v) is 5.94. The highest BCUT2D eigenvalue weighted by Gasteiger charge is 2.17. The van der Waals surface area contributed by atoms with Crippen LogP contribution in [-0.2, 0) is 16.1 Å². The molecule has 1 aromatic rings. The van der Waals surface area contributed by atoms with E-state index in [-0.39, 0.29) is 5.91 Å². The Kier molecular flexibility index (Phi) is 5.69. The Bertz CT molecular complexity index is 433. The van der Waals surface area contributed by atoms with Gasteiger partial charge in [-0.05, 0) is 13.3 Å². The van der Waals surface area contributed by atoms with Gasteiger partial charge in [0.15, 0.2) is 0 Å². The molecule has 0 aromatic carbocycles. The standard InChI is InChI=1S/C12H21N5O2S/c1-9(17-4-6-19-7-5-17)2-3-10(18)14-8-11-15-16-12(13)20-11/h9H,2-8H2,1H3,(H2,13,16)(H,14,18)/t9-/m1/s1. The van der Waals surface area contributed by atoms with Crippen LogP contribution >= 0.6 is 11.3 Å². The maximum atomic E-state index is 11.8.